The fourth-order valence-corrected chi connectivity index (χ4v) is 1.51. The zero-order valence-electron chi connectivity index (χ0n) is 15.0. The van der Waals surface area contributed by atoms with Gasteiger partial charge in [-0.3, -0.25) is 0 Å². The van der Waals surface area contributed by atoms with Gasteiger partial charge in [0.05, 0.1) is 11.6 Å². The van der Waals surface area contributed by atoms with Crippen molar-refractivity contribution in [1.82, 2.24) is 0 Å². The molecule has 29 heavy (non-hydrogen) atoms. The molecular weight excluding hydrogens is 420 g/mol. The van der Waals surface area contributed by atoms with Crippen LogP contribution >= 0.6 is 0 Å². The zero-order valence-corrected chi connectivity index (χ0v) is 16.6. The molecule has 0 bridgehead atoms. The van der Waals surface area contributed by atoms with Gasteiger partial charge in [0.25, 0.3) is 0 Å². The normalized spacial score (nSPS) is 8.69. The second-order valence-electron chi connectivity index (χ2n) is 4.94. The minimum atomic E-state index is -1.06. The van der Waals surface area contributed by atoms with Crippen molar-refractivity contribution in [2.24, 2.45) is 0 Å². The predicted octanol–water partition coefficient (Wildman–Crippen LogP) is 5.75. The quantitative estimate of drug-likeness (QED) is 0.209. The summed E-state index contributed by atoms with van der Waals surface area (Å²) in [5, 5.41) is 16.9. The molecule has 2 nitrogen and oxygen atoms in total. The first-order valence-corrected chi connectivity index (χ1v) is 7.86. The van der Waals surface area contributed by atoms with Crippen LogP contribution in [0.3, 0.4) is 0 Å². The van der Waals surface area contributed by atoms with Gasteiger partial charge in [-0.25, -0.2) is 41.8 Å². The Balaban J connectivity index is 0.000000369. The monoisotopic (exact) mass is 436 g/mol. The zero-order chi connectivity index (χ0) is 20.8. The smallest absolute Gasteiger partial charge is 0.563 e. The van der Waals surface area contributed by atoms with Crippen molar-refractivity contribution in [3.63, 3.8) is 0 Å². The number of hydrogen-bond acceptors (Lipinski definition) is 2. The van der Waals surface area contributed by atoms with Gasteiger partial charge in [-0.2, -0.15) is 36.4 Å². The molecule has 0 aromatic heterocycles. The van der Waals surface area contributed by atoms with E-state index in [2.05, 4.69) is 0 Å². The van der Waals surface area contributed by atoms with Crippen LogP contribution in [0.5, 0.6) is 11.5 Å². The standard InChI is InChI=1S/2C6H3F2O.2C5H5.Ti/c2*7-4-1-2-6(9)5(8)3-4;2*1-2-4-5-3-1;/h2*1-2,9H;2*1-5H;/q4*-1;+4. The van der Waals surface area contributed by atoms with Gasteiger partial charge in [-0.15, -0.1) is 36.4 Å². The van der Waals surface area contributed by atoms with Crippen LogP contribution in [0.25, 0.3) is 0 Å². The van der Waals surface area contributed by atoms with E-state index in [4.69, 9.17) is 10.2 Å². The van der Waals surface area contributed by atoms with Crippen LogP contribution in [0.15, 0.2) is 84.9 Å². The maximum absolute atomic E-state index is 12.0. The third-order valence-electron chi connectivity index (χ3n) is 2.79. The molecule has 0 radical (unpaired) electrons. The first-order chi connectivity index (χ1) is 13.4. The summed E-state index contributed by atoms with van der Waals surface area (Å²) >= 11 is 0. The first-order valence-electron chi connectivity index (χ1n) is 7.86. The minimum Gasteiger partial charge on any atom is -0.563 e. The predicted molar refractivity (Wildman–Crippen MR) is 97.8 cm³/mol. The molecule has 0 aliphatic heterocycles. The Labute approximate surface area is 181 Å². The summed E-state index contributed by atoms with van der Waals surface area (Å²) < 4.78 is 47.9. The number of phenols is 2. The average Bonchev–Trinajstić information content (AvgIpc) is 3.41. The molecule has 0 heterocycles. The number of benzene rings is 2. The van der Waals surface area contributed by atoms with E-state index in [9.17, 15) is 17.6 Å². The molecule has 7 heteroatoms. The van der Waals surface area contributed by atoms with Crippen molar-refractivity contribution in [3.8, 4) is 11.5 Å². The van der Waals surface area contributed by atoms with E-state index >= 15 is 0 Å². The molecule has 148 valence electrons. The van der Waals surface area contributed by atoms with E-state index < -0.39 is 34.8 Å². The van der Waals surface area contributed by atoms with Gasteiger partial charge in [0.2, 0.25) is 0 Å². The summed E-state index contributed by atoms with van der Waals surface area (Å²) in [5.74, 6) is -4.92. The maximum Gasteiger partial charge on any atom is 4.00 e. The summed E-state index contributed by atoms with van der Waals surface area (Å²) in [4.78, 5) is 0. The minimum absolute atomic E-state index is 0. The van der Waals surface area contributed by atoms with Gasteiger partial charge in [0, 0.05) is 23.1 Å². The van der Waals surface area contributed by atoms with Gasteiger partial charge in [-0.1, -0.05) is 0 Å². The fourth-order valence-electron chi connectivity index (χ4n) is 1.51. The third kappa shape index (κ3) is 12.3. The van der Waals surface area contributed by atoms with Gasteiger partial charge < -0.3 is 10.2 Å². The second kappa shape index (κ2) is 15.1. The molecule has 0 saturated heterocycles. The van der Waals surface area contributed by atoms with Gasteiger partial charge in [0.1, 0.15) is 0 Å². The molecule has 0 aliphatic carbocycles. The van der Waals surface area contributed by atoms with Crippen LogP contribution in [-0.4, -0.2) is 10.2 Å². The number of rotatable bonds is 0. The molecule has 4 aromatic carbocycles. The Hall–Kier alpha value is -2.83. The SMILES string of the molecule is Oc1ccc(F)[c-]c1F.Oc1ccc(F)[c-]c1F.[Ti+4].c1cc[cH-]c1.c1cc[cH-]c1. The average molecular weight is 436 g/mol. The van der Waals surface area contributed by atoms with Gasteiger partial charge in [-0.05, 0) is 0 Å². The molecule has 0 amide bonds. The van der Waals surface area contributed by atoms with Crippen LogP contribution in [-0.2, 0) is 21.7 Å². The number of aromatic hydroxyl groups is 2. The van der Waals surface area contributed by atoms with E-state index in [-0.39, 0.29) is 21.7 Å². The molecule has 4 aromatic rings. The topological polar surface area (TPSA) is 40.5 Å². The molecule has 0 fully saturated rings. The summed E-state index contributed by atoms with van der Waals surface area (Å²) in [7, 11) is 0. The van der Waals surface area contributed by atoms with Crippen LogP contribution in [0.4, 0.5) is 17.6 Å². The van der Waals surface area contributed by atoms with Crippen molar-refractivity contribution >= 4 is 0 Å². The molecule has 0 atom stereocenters. The molecular formula is C22H16F4O2Ti. The molecule has 0 saturated carbocycles. The van der Waals surface area contributed by atoms with Crippen molar-refractivity contribution in [2.45, 2.75) is 0 Å². The summed E-state index contributed by atoms with van der Waals surface area (Å²) in [6, 6.07) is 27.0. The van der Waals surface area contributed by atoms with E-state index in [1.54, 1.807) is 12.1 Å². The largest absolute Gasteiger partial charge is 4.00 e. The molecule has 0 spiro atoms. The number of hydrogen-bond donors (Lipinski definition) is 2. The Morgan fingerprint density at radius 3 is 1.07 bits per heavy atom. The van der Waals surface area contributed by atoms with E-state index in [0.717, 1.165) is 24.3 Å². The second-order valence-corrected chi connectivity index (χ2v) is 4.94. The van der Waals surface area contributed by atoms with E-state index in [0.29, 0.717) is 0 Å². The Morgan fingerprint density at radius 2 is 0.897 bits per heavy atom. The Bertz CT molecular complexity index is 785. The van der Waals surface area contributed by atoms with Crippen molar-refractivity contribution in [3.05, 3.63) is 120 Å². The van der Waals surface area contributed by atoms with Crippen LogP contribution in [0.2, 0.25) is 0 Å². The van der Waals surface area contributed by atoms with Gasteiger partial charge in [0.15, 0.2) is 0 Å². The first kappa shape index (κ1) is 26.2. The fraction of sp³-hybridized carbons (Fsp3) is 0. The van der Waals surface area contributed by atoms with Crippen LogP contribution in [0, 0.1) is 35.4 Å². The van der Waals surface area contributed by atoms with E-state index in [1.807, 2.05) is 60.7 Å². The molecule has 0 aliphatic rings. The number of halogens is 4. The Kier molecular flexibility index (Phi) is 13.7. The van der Waals surface area contributed by atoms with Crippen LogP contribution < -0.4 is 0 Å². The van der Waals surface area contributed by atoms with Crippen molar-refractivity contribution < 1.29 is 49.5 Å². The molecule has 4 rings (SSSR count). The molecule has 2 N–H and O–H groups in total. The van der Waals surface area contributed by atoms with E-state index in [1.165, 1.54) is 0 Å². The van der Waals surface area contributed by atoms with Crippen molar-refractivity contribution in [2.75, 3.05) is 0 Å². The summed E-state index contributed by atoms with van der Waals surface area (Å²) in [5.41, 5.74) is 0. The molecule has 0 unspecified atom stereocenters. The summed E-state index contributed by atoms with van der Waals surface area (Å²) in [6.07, 6.45) is 0. The maximum atomic E-state index is 12.0. The van der Waals surface area contributed by atoms with Crippen LogP contribution in [0.1, 0.15) is 0 Å². The summed E-state index contributed by atoms with van der Waals surface area (Å²) in [6.45, 7) is 0. The number of phenolic OH excluding ortho intramolecular Hbond substituents is 2. The Morgan fingerprint density at radius 1 is 0.586 bits per heavy atom. The van der Waals surface area contributed by atoms with Crippen molar-refractivity contribution in [1.29, 1.82) is 0 Å². The third-order valence-corrected chi connectivity index (χ3v) is 2.79. The van der Waals surface area contributed by atoms with Gasteiger partial charge >= 0.3 is 21.7 Å².